The lowest BCUT2D eigenvalue weighted by molar-refractivity contribution is -0.142. The zero-order valence-electron chi connectivity index (χ0n) is 18.7. The zero-order chi connectivity index (χ0) is 23.7. The summed E-state index contributed by atoms with van der Waals surface area (Å²) in [7, 11) is 0. The molecule has 0 bridgehead atoms. The summed E-state index contributed by atoms with van der Waals surface area (Å²) in [4.78, 5) is 38.9. The first-order valence-corrected chi connectivity index (χ1v) is 11.7. The second-order valence-electron chi connectivity index (χ2n) is 8.97. The Hall–Kier alpha value is -3.93. The maximum Gasteiger partial charge on any atom is 0.326 e. The van der Waals surface area contributed by atoms with Crippen molar-refractivity contribution >= 4 is 29.2 Å². The normalized spacial score (nSPS) is 19.0. The molecule has 1 saturated carbocycles. The topological polar surface area (TPSA) is 86.7 Å². The maximum absolute atomic E-state index is 12.9. The van der Waals surface area contributed by atoms with Crippen LogP contribution in [0.1, 0.15) is 35.2 Å². The van der Waals surface area contributed by atoms with E-state index >= 15 is 0 Å². The van der Waals surface area contributed by atoms with E-state index in [1.54, 1.807) is 17.0 Å². The number of hydrogen-bond donors (Lipinski definition) is 2. The van der Waals surface area contributed by atoms with Gasteiger partial charge in [-0.15, -0.1) is 0 Å². The van der Waals surface area contributed by atoms with Crippen molar-refractivity contribution in [2.45, 2.75) is 25.7 Å². The molecule has 5 rings (SSSR count). The third-order valence-corrected chi connectivity index (χ3v) is 6.92. The third-order valence-electron chi connectivity index (χ3n) is 6.92. The number of aliphatic carboxylic acids is 1. The number of urea groups is 1. The number of ketones is 1. The monoisotopic (exact) mass is 454 g/mol. The maximum atomic E-state index is 12.9. The number of carbonyl (C=O) groups excluding carboxylic acids is 2. The van der Waals surface area contributed by atoms with Crippen molar-refractivity contribution in [3.05, 3.63) is 83.9 Å². The number of carboxylic acid groups (broad SMARTS) is 1. The molecular weight excluding hydrogens is 428 g/mol. The number of carboxylic acids is 1. The Balaban J connectivity index is 1.30. The molecule has 34 heavy (non-hydrogen) atoms. The second-order valence-corrected chi connectivity index (χ2v) is 8.97. The molecule has 6 heteroatoms. The minimum atomic E-state index is -0.878. The fraction of sp³-hybridized carbons (Fsp3) is 0.250. The summed E-state index contributed by atoms with van der Waals surface area (Å²) in [6.07, 6.45) is 2.76. The summed E-state index contributed by atoms with van der Waals surface area (Å²) in [6, 6.07) is 22.7. The van der Waals surface area contributed by atoms with Gasteiger partial charge in [0.1, 0.15) is 0 Å². The summed E-state index contributed by atoms with van der Waals surface area (Å²) in [5.74, 6) is -1.97. The molecule has 2 N–H and O–H groups in total. The number of Topliss-reactive ketones (excluding diaryl/α,β-unsaturated/α-hetero) is 1. The number of hydrogen-bond acceptors (Lipinski definition) is 3. The minimum Gasteiger partial charge on any atom is -0.481 e. The van der Waals surface area contributed by atoms with Crippen LogP contribution in [0.5, 0.6) is 0 Å². The molecule has 0 spiro atoms. The van der Waals surface area contributed by atoms with Gasteiger partial charge in [0.05, 0.1) is 5.92 Å². The Kier molecular flexibility index (Phi) is 5.88. The van der Waals surface area contributed by atoms with Gasteiger partial charge in [0.25, 0.3) is 0 Å². The number of benzene rings is 3. The van der Waals surface area contributed by atoms with Crippen molar-refractivity contribution in [3.63, 3.8) is 0 Å². The summed E-state index contributed by atoms with van der Waals surface area (Å²) >= 11 is 0. The highest BCUT2D eigenvalue weighted by atomic mass is 16.4. The number of rotatable bonds is 5. The standard InChI is InChI=1S/C28H26N2O4/c31-26(23-7-4-8-24(23)27(32)33)19-11-9-18(10-12-19)20-13-14-25-21(17-20)15-16-30(25)28(34)29-22-5-2-1-3-6-22/h1-3,5-6,9-14,17,23-24H,4,7-8,15-16H2,(H,29,34)(H,32,33)/t23-,24+/m0/s1. The van der Waals surface area contributed by atoms with Crippen LogP contribution in [0.4, 0.5) is 16.2 Å². The van der Waals surface area contributed by atoms with Crippen molar-refractivity contribution in [3.8, 4) is 11.1 Å². The fourth-order valence-electron chi connectivity index (χ4n) is 5.12. The van der Waals surface area contributed by atoms with Crippen LogP contribution in [0.3, 0.4) is 0 Å². The van der Waals surface area contributed by atoms with Crippen LogP contribution in [0, 0.1) is 11.8 Å². The average molecular weight is 455 g/mol. The Morgan fingerprint density at radius 3 is 2.29 bits per heavy atom. The molecule has 2 aliphatic rings. The van der Waals surface area contributed by atoms with Crippen molar-refractivity contribution < 1.29 is 19.5 Å². The molecule has 1 fully saturated rings. The number of para-hydroxylation sites is 1. The van der Waals surface area contributed by atoms with E-state index in [1.807, 2.05) is 54.6 Å². The van der Waals surface area contributed by atoms with Crippen LogP contribution < -0.4 is 10.2 Å². The highest BCUT2D eigenvalue weighted by molar-refractivity contribution is 6.03. The molecule has 0 radical (unpaired) electrons. The number of anilines is 2. The molecular formula is C28H26N2O4. The van der Waals surface area contributed by atoms with Gasteiger partial charge in [-0.3, -0.25) is 14.5 Å². The van der Waals surface area contributed by atoms with Crippen LogP contribution in [0.25, 0.3) is 11.1 Å². The van der Waals surface area contributed by atoms with Crippen LogP contribution in [-0.2, 0) is 11.2 Å². The number of fused-ring (bicyclic) bond motifs is 1. The lowest BCUT2D eigenvalue weighted by Crippen LogP contribution is -2.33. The van der Waals surface area contributed by atoms with E-state index in [2.05, 4.69) is 11.4 Å². The number of nitrogens with one attached hydrogen (secondary N) is 1. The predicted molar refractivity (Wildman–Crippen MR) is 131 cm³/mol. The van der Waals surface area contributed by atoms with Gasteiger partial charge in [-0.05, 0) is 60.2 Å². The molecule has 1 heterocycles. The van der Waals surface area contributed by atoms with E-state index in [0.717, 1.165) is 40.9 Å². The molecule has 3 aromatic carbocycles. The summed E-state index contributed by atoms with van der Waals surface area (Å²) < 4.78 is 0. The fourth-order valence-corrected chi connectivity index (χ4v) is 5.12. The van der Waals surface area contributed by atoms with Crippen LogP contribution >= 0.6 is 0 Å². The third kappa shape index (κ3) is 4.19. The lowest BCUT2D eigenvalue weighted by atomic mass is 9.88. The molecule has 0 aromatic heterocycles. The van der Waals surface area contributed by atoms with Crippen LogP contribution in [-0.4, -0.2) is 29.4 Å². The van der Waals surface area contributed by atoms with Crippen molar-refractivity contribution in [1.29, 1.82) is 0 Å². The van der Waals surface area contributed by atoms with Gasteiger partial charge in [0.2, 0.25) is 0 Å². The number of amides is 2. The van der Waals surface area contributed by atoms with E-state index in [9.17, 15) is 19.5 Å². The Bertz CT molecular complexity index is 1240. The molecule has 0 saturated heterocycles. The Morgan fingerprint density at radius 2 is 1.56 bits per heavy atom. The smallest absolute Gasteiger partial charge is 0.326 e. The highest BCUT2D eigenvalue weighted by Gasteiger charge is 2.38. The van der Waals surface area contributed by atoms with Gasteiger partial charge in [-0.1, -0.05) is 55.0 Å². The van der Waals surface area contributed by atoms with Crippen LogP contribution in [0.2, 0.25) is 0 Å². The largest absolute Gasteiger partial charge is 0.481 e. The van der Waals surface area contributed by atoms with E-state index in [0.29, 0.717) is 24.9 Å². The van der Waals surface area contributed by atoms with E-state index in [-0.39, 0.29) is 11.8 Å². The van der Waals surface area contributed by atoms with Gasteiger partial charge in [0.15, 0.2) is 5.78 Å². The Morgan fingerprint density at radius 1 is 0.853 bits per heavy atom. The van der Waals surface area contributed by atoms with E-state index in [4.69, 9.17) is 0 Å². The van der Waals surface area contributed by atoms with Gasteiger partial charge >= 0.3 is 12.0 Å². The van der Waals surface area contributed by atoms with E-state index < -0.39 is 17.8 Å². The van der Waals surface area contributed by atoms with Gasteiger partial charge < -0.3 is 10.4 Å². The molecule has 3 aromatic rings. The molecule has 2 amide bonds. The first kappa shape index (κ1) is 21.9. The van der Waals surface area contributed by atoms with E-state index in [1.165, 1.54) is 0 Å². The summed E-state index contributed by atoms with van der Waals surface area (Å²) in [6.45, 7) is 0.622. The molecule has 172 valence electrons. The molecule has 2 atom stereocenters. The highest BCUT2D eigenvalue weighted by Crippen LogP contribution is 2.36. The molecule has 6 nitrogen and oxygen atoms in total. The summed E-state index contributed by atoms with van der Waals surface area (Å²) in [5.41, 5.74) is 5.34. The predicted octanol–water partition coefficient (Wildman–Crippen LogP) is 5.63. The second kappa shape index (κ2) is 9.14. The number of carbonyl (C=O) groups is 3. The lowest BCUT2D eigenvalue weighted by Gasteiger charge is -2.18. The SMILES string of the molecule is O=C(c1ccc(-c2ccc3c(c2)CCN3C(=O)Nc2ccccc2)cc1)[C@H]1CCC[C@H]1C(=O)O. The van der Waals surface area contributed by atoms with Crippen molar-refractivity contribution in [2.24, 2.45) is 11.8 Å². The minimum absolute atomic E-state index is 0.0783. The van der Waals surface area contributed by atoms with Gasteiger partial charge in [-0.25, -0.2) is 4.79 Å². The first-order valence-electron chi connectivity index (χ1n) is 11.7. The van der Waals surface area contributed by atoms with Gasteiger partial charge in [-0.2, -0.15) is 0 Å². The quantitative estimate of drug-likeness (QED) is 0.489. The Labute approximate surface area is 198 Å². The molecule has 1 aliphatic carbocycles. The summed E-state index contributed by atoms with van der Waals surface area (Å²) in [5, 5.41) is 12.3. The first-order chi connectivity index (χ1) is 16.5. The molecule has 0 unspecified atom stereocenters. The zero-order valence-corrected chi connectivity index (χ0v) is 18.7. The van der Waals surface area contributed by atoms with Crippen molar-refractivity contribution in [1.82, 2.24) is 0 Å². The van der Waals surface area contributed by atoms with Gasteiger partial charge in [0, 0.05) is 29.4 Å². The molecule has 1 aliphatic heterocycles. The number of nitrogens with zero attached hydrogens (tertiary/aromatic N) is 1. The van der Waals surface area contributed by atoms with Crippen molar-refractivity contribution in [2.75, 3.05) is 16.8 Å². The van der Waals surface area contributed by atoms with Crippen LogP contribution in [0.15, 0.2) is 72.8 Å². The average Bonchev–Trinajstić information content (AvgIpc) is 3.51.